The predicted molar refractivity (Wildman–Crippen MR) is 81.8 cm³/mol. The summed E-state index contributed by atoms with van der Waals surface area (Å²) in [5.74, 6) is 0.154. The molecule has 0 saturated heterocycles. The van der Waals surface area contributed by atoms with E-state index in [9.17, 15) is 13.5 Å². The zero-order valence-electron chi connectivity index (χ0n) is 11.5. The number of sulfone groups is 1. The first-order valence-corrected chi connectivity index (χ1v) is 8.53. The average Bonchev–Trinajstić information content (AvgIpc) is 2.51. The van der Waals surface area contributed by atoms with Crippen LogP contribution >= 0.6 is 0 Å². The van der Waals surface area contributed by atoms with Gasteiger partial charge in [-0.05, 0) is 35.7 Å². The molecule has 5 heteroatoms. The Hall–Kier alpha value is -1.85. The Labute approximate surface area is 124 Å². The third kappa shape index (κ3) is 2.80. The van der Waals surface area contributed by atoms with Crippen LogP contribution in [0.3, 0.4) is 0 Å². The molecular weight excluding hydrogens is 286 g/mol. The number of aliphatic hydroxyl groups is 1. The number of anilines is 1. The van der Waals surface area contributed by atoms with Crippen LogP contribution in [-0.4, -0.2) is 19.3 Å². The van der Waals surface area contributed by atoms with Gasteiger partial charge < -0.3 is 10.4 Å². The maximum absolute atomic E-state index is 12.1. The smallest absolute Gasteiger partial charge is 0.178 e. The van der Waals surface area contributed by atoms with E-state index in [4.69, 9.17) is 0 Å². The molecule has 110 valence electrons. The summed E-state index contributed by atoms with van der Waals surface area (Å²) in [6, 6.07) is 14.6. The molecule has 4 nitrogen and oxygen atoms in total. The monoisotopic (exact) mass is 303 g/mol. The van der Waals surface area contributed by atoms with E-state index in [1.807, 2.05) is 36.4 Å². The second kappa shape index (κ2) is 5.50. The molecule has 1 heterocycles. The van der Waals surface area contributed by atoms with Gasteiger partial charge in [0.15, 0.2) is 9.84 Å². The van der Waals surface area contributed by atoms with Crippen LogP contribution in [0.4, 0.5) is 5.69 Å². The summed E-state index contributed by atoms with van der Waals surface area (Å²) in [4.78, 5) is 0.423. The van der Waals surface area contributed by atoms with Crippen LogP contribution in [0.5, 0.6) is 0 Å². The van der Waals surface area contributed by atoms with E-state index in [1.54, 1.807) is 12.1 Å². The molecule has 2 N–H and O–H groups in total. The standard InChI is InChI=1S/C16H17NO3S/c18-11-12-4-3-5-13(10-12)17-15-8-9-21(19,20)16-7-2-1-6-14(15)16/h1-7,10,15,17-18H,8-9,11H2. The first-order valence-electron chi connectivity index (χ1n) is 6.88. The van der Waals surface area contributed by atoms with E-state index < -0.39 is 9.84 Å². The molecule has 0 radical (unpaired) electrons. The van der Waals surface area contributed by atoms with Crippen molar-refractivity contribution in [2.24, 2.45) is 0 Å². The molecule has 2 aromatic carbocycles. The lowest BCUT2D eigenvalue weighted by molar-refractivity contribution is 0.282. The van der Waals surface area contributed by atoms with Crippen molar-refractivity contribution in [3.05, 3.63) is 59.7 Å². The summed E-state index contributed by atoms with van der Waals surface area (Å²) >= 11 is 0. The Morgan fingerprint density at radius 2 is 1.95 bits per heavy atom. The van der Waals surface area contributed by atoms with Crippen molar-refractivity contribution in [1.82, 2.24) is 0 Å². The van der Waals surface area contributed by atoms with Crippen molar-refractivity contribution >= 4 is 15.5 Å². The van der Waals surface area contributed by atoms with Crippen LogP contribution in [-0.2, 0) is 16.4 Å². The maximum Gasteiger partial charge on any atom is 0.178 e. The Morgan fingerprint density at radius 1 is 1.14 bits per heavy atom. The summed E-state index contributed by atoms with van der Waals surface area (Å²) in [5, 5.41) is 12.6. The highest BCUT2D eigenvalue weighted by Crippen LogP contribution is 2.34. The van der Waals surface area contributed by atoms with E-state index in [2.05, 4.69) is 5.32 Å². The van der Waals surface area contributed by atoms with Gasteiger partial charge >= 0.3 is 0 Å². The van der Waals surface area contributed by atoms with E-state index in [0.717, 1.165) is 16.8 Å². The number of aliphatic hydroxyl groups excluding tert-OH is 1. The maximum atomic E-state index is 12.1. The van der Waals surface area contributed by atoms with E-state index in [1.165, 1.54) is 0 Å². The van der Waals surface area contributed by atoms with Gasteiger partial charge in [0.2, 0.25) is 0 Å². The third-order valence-corrected chi connectivity index (χ3v) is 5.57. The van der Waals surface area contributed by atoms with E-state index in [0.29, 0.717) is 11.3 Å². The van der Waals surface area contributed by atoms with Gasteiger partial charge in [0.1, 0.15) is 0 Å². The largest absolute Gasteiger partial charge is 0.392 e. The van der Waals surface area contributed by atoms with Crippen molar-refractivity contribution in [2.45, 2.75) is 24.0 Å². The molecule has 1 unspecified atom stereocenters. The molecule has 1 aliphatic heterocycles. The van der Waals surface area contributed by atoms with Gasteiger partial charge in [-0.15, -0.1) is 0 Å². The predicted octanol–water partition coefficient (Wildman–Crippen LogP) is 2.51. The average molecular weight is 303 g/mol. The van der Waals surface area contributed by atoms with Gasteiger partial charge in [-0.1, -0.05) is 30.3 Å². The summed E-state index contributed by atoms with van der Waals surface area (Å²) in [6.45, 7) is -0.00878. The summed E-state index contributed by atoms with van der Waals surface area (Å²) in [7, 11) is -3.16. The second-order valence-electron chi connectivity index (χ2n) is 5.20. The minimum absolute atomic E-state index is 0.00878. The Balaban J connectivity index is 1.93. The van der Waals surface area contributed by atoms with Gasteiger partial charge in [0.05, 0.1) is 23.3 Å². The van der Waals surface area contributed by atoms with E-state index >= 15 is 0 Å². The summed E-state index contributed by atoms with van der Waals surface area (Å²) in [5.41, 5.74) is 2.54. The van der Waals surface area contributed by atoms with Crippen LogP contribution in [0.25, 0.3) is 0 Å². The number of fused-ring (bicyclic) bond motifs is 1. The SMILES string of the molecule is O=S1(=O)CCC(Nc2cccc(CO)c2)c2ccccc21. The fourth-order valence-corrected chi connectivity index (χ4v) is 4.32. The zero-order valence-corrected chi connectivity index (χ0v) is 12.3. The van der Waals surface area contributed by atoms with Crippen molar-refractivity contribution < 1.29 is 13.5 Å². The minimum Gasteiger partial charge on any atom is -0.392 e. The number of hydrogen-bond donors (Lipinski definition) is 2. The Bertz CT molecular complexity index is 756. The topological polar surface area (TPSA) is 66.4 Å². The van der Waals surface area contributed by atoms with Crippen LogP contribution in [0.15, 0.2) is 53.4 Å². The molecule has 0 fully saturated rings. The third-order valence-electron chi connectivity index (χ3n) is 3.76. The van der Waals surface area contributed by atoms with Crippen LogP contribution in [0.1, 0.15) is 23.6 Å². The first kappa shape index (κ1) is 14.1. The lowest BCUT2D eigenvalue weighted by Crippen LogP contribution is -2.24. The molecular formula is C16H17NO3S. The Morgan fingerprint density at radius 3 is 2.76 bits per heavy atom. The highest BCUT2D eigenvalue weighted by molar-refractivity contribution is 7.91. The van der Waals surface area contributed by atoms with Gasteiger partial charge in [-0.3, -0.25) is 0 Å². The highest BCUT2D eigenvalue weighted by Gasteiger charge is 2.29. The van der Waals surface area contributed by atoms with Gasteiger partial charge in [-0.25, -0.2) is 8.42 Å². The summed E-state index contributed by atoms with van der Waals surface area (Å²) < 4.78 is 24.2. The van der Waals surface area contributed by atoms with Crippen molar-refractivity contribution in [3.8, 4) is 0 Å². The number of nitrogens with one attached hydrogen (secondary N) is 1. The molecule has 0 spiro atoms. The van der Waals surface area contributed by atoms with Crippen LogP contribution < -0.4 is 5.32 Å². The molecule has 0 aromatic heterocycles. The van der Waals surface area contributed by atoms with Crippen LogP contribution in [0.2, 0.25) is 0 Å². The molecule has 2 aromatic rings. The van der Waals surface area contributed by atoms with E-state index in [-0.39, 0.29) is 18.4 Å². The molecule has 21 heavy (non-hydrogen) atoms. The van der Waals surface area contributed by atoms with Crippen molar-refractivity contribution in [3.63, 3.8) is 0 Å². The van der Waals surface area contributed by atoms with Gasteiger partial charge in [-0.2, -0.15) is 0 Å². The van der Waals surface area contributed by atoms with Crippen molar-refractivity contribution in [2.75, 3.05) is 11.1 Å². The van der Waals surface area contributed by atoms with Crippen molar-refractivity contribution in [1.29, 1.82) is 0 Å². The number of benzene rings is 2. The first-order chi connectivity index (χ1) is 10.1. The quantitative estimate of drug-likeness (QED) is 0.914. The second-order valence-corrected chi connectivity index (χ2v) is 7.28. The van der Waals surface area contributed by atoms with Gasteiger partial charge in [0.25, 0.3) is 0 Å². The van der Waals surface area contributed by atoms with Crippen LogP contribution in [0, 0.1) is 0 Å². The highest BCUT2D eigenvalue weighted by atomic mass is 32.2. The molecule has 1 aliphatic rings. The Kier molecular flexibility index (Phi) is 3.69. The molecule has 0 amide bonds. The molecule has 0 aliphatic carbocycles. The molecule has 0 saturated carbocycles. The lowest BCUT2D eigenvalue weighted by Gasteiger charge is -2.27. The fraction of sp³-hybridized carbons (Fsp3) is 0.250. The molecule has 3 rings (SSSR count). The molecule has 0 bridgehead atoms. The zero-order chi connectivity index (χ0) is 14.9. The number of hydrogen-bond acceptors (Lipinski definition) is 4. The normalized spacial score (nSPS) is 19.8. The minimum atomic E-state index is -3.16. The van der Waals surface area contributed by atoms with Gasteiger partial charge in [0, 0.05) is 5.69 Å². The molecule has 1 atom stereocenters. The summed E-state index contributed by atoms with van der Waals surface area (Å²) in [6.07, 6.45) is 0.544. The number of rotatable bonds is 3. The lowest BCUT2D eigenvalue weighted by atomic mass is 10.0. The fourth-order valence-electron chi connectivity index (χ4n) is 2.70.